The second-order valence-corrected chi connectivity index (χ2v) is 4.60. The topological polar surface area (TPSA) is 26.0 Å². The summed E-state index contributed by atoms with van der Waals surface area (Å²) in [5, 5.41) is 0. The highest BCUT2D eigenvalue weighted by Gasteiger charge is 2.04. The molecule has 1 nitrogen and oxygen atoms in total. The number of aryl methyl sites for hydroxylation is 2. The number of nitrogens with two attached hydrogens (primary N) is 1. The van der Waals surface area contributed by atoms with Crippen molar-refractivity contribution in [3.05, 3.63) is 47.5 Å². The van der Waals surface area contributed by atoms with Crippen molar-refractivity contribution in [2.75, 3.05) is 0 Å². The van der Waals surface area contributed by atoms with Crippen LogP contribution in [0.4, 0.5) is 0 Å². The Morgan fingerprint density at radius 3 is 2.81 bits per heavy atom. The van der Waals surface area contributed by atoms with Crippen LogP contribution in [-0.4, -0.2) is 6.04 Å². The van der Waals surface area contributed by atoms with E-state index in [-0.39, 0.29) is 6.04 Å². The van der Waals surface area contributed by atoms with Crippen molar-refractivity contribution >= 4 is 0 Å². The maximum Gasteiger partial charge on any atom is 0.00791 e. The van der Waals surface area contributed by atoms with Gasteiger partial charge < -0.3 is 5.73 Å². The van der Waals surface area contributed by atoms with E-state index in [1.54, 1.807) is 0 Å². The zero-order valence-electron chi connectivity index (χ0n) is 10.5. The van der Waals surface area contributed by atoms with Gasteiger partial charge in [0, 0.05) is 6.04 Å². The molecule has 1 aromatic carbocycles. The van der Waals surface area contributed by atoms with Gasteiger partial charge in [0.2, 0.25) is 0 Å². The quantitative estimate of drug-likeness (QED) is 0.724. The van der Waals surface area contributed by atoms with E-state index in [2.05, 4.69) is 44.7 Å². The first-order valence-corrected chi connectivity index (χ1v) is 6.09. The molecule has 1 atom stereocenters. The predicted molar refractivity (Wildman–Crippen MR) is 71.5 cm³/mol. The largest absolute Gasteiger partial charge is 0.327 e. The van der Waals surface area contributed by atoms with Crippen molar-refractivity contribution in [2.24, 2.45) is 5.73 Å². The molecule has 0 radical (unpaired) electrons. The highest BCUT2D eigenvalue weighted by atomic mass is 14.6. The standard InChI is InChI=1S/C15H23N/c1-4-12(2)11-15(16)9-8-14-7-5-6-13(3)10-14/h5-7,10,15H,2,4,8-9,11,16H2,1,3H3. The molecule has 0 bridgehead atoms. The molecule has 1 unspecified atom stereocenters. The summed E-state index contributed by atoms with van der Waals surface area (Å²) < 4.78 is 0. The summed E-state index contributed by atoms with van der Waals surface area (Å²) in [5.41, 5.74) is 10.0. The highest BCUT2D eigenvalue weighted by molar-refractivity contribution is 5.22. The van der Waals surface area contributed by atoms with Crippen molar-refractivity contribution in [3.8, 4) is 0 Å². The van der Waals surface area contributed by atoms with Crippen molar-refractivity contribution in [1.29, 1.82) is 0 Å². The first-order chi connectivity index (χ1) is 7.61. The smallest absolute Gasteiger partial charge is 0.00791 e. The van der Waals surface area contributed by atoms with Gasteiger partial charge in [-0.15, -0.1) is 0 Å². The first kappa shape index (κ1) is 13.0. The third-order valence-electron chi connectivity index (χ3n) is 2.94. The summed E-state index contributed by atoms with van der Waals surface area (Å²) in [7, 11) is 0. The summed E-state index contributed by atoms with van der Waals surface area (Å²) >= 11 is 0. The number of rotatable bonds is 6. The Morgan fingerprint density at radius 1 is 1.44 bits per heavy atom. The van der Waals surface area contributed by atoms with Crippen molar-refractivity contribution < 1.29 is 0 Å². The molecule has 0 spiro atoms. The Bertz CT molecular complexity index is 341. The monoisotopic (exact) mass is 217 g/mol. The van der Waals surface area contributed by atoms with Gasteiger partial charge in [-0.25, -0.2) is 0 Å². The first-order valence-electron chi connectivity index (χ1n) is 6.09. The summed E-state index contributed by atoms with van der Waals surface area (Å²) in [4.78, 5) is 0. The minimum absolute atomic E-state index is 0.257. The summed E-state index contributed by atoms with van der Waals surface area (Å²) in [5.74, 6) is 0. The maximum atomic E-state index is 6.08. The van der Waals surface area contributed by atoms with E-state index in [9.17, 15) is 0 Å². The highest BCUT2D eigenvalue weighted by Crippen LogP contribution is 2.12. The van der Waals surface area contributed by atoms with Crippen LogP contribution in [0.1, 0.15) is 37.3 Å². The molecule has 0 fully saturated rings. The normalized spacial score (nSPS) is 12.4. The van der Waals surface area contributed by atoms with Crippen LogP contribution in [0.3, 0.4) is 0 Å². The molecule has 1 rings (SSSR count). The zero-order chi connectivity index (χ0) is 12.0. The van der Waals surface area contributed by atoms with Gasteiger partial charge in [-0.3, -0.25) is 0 Å². The molecule has 1 heteroatoms. The fourth-order valence-corrected chi connectivity index (χ4v) is 1.84. The van der Waals surface area contributed by atoms with E-state index in [0.29, 0.717) is 0 Å². The van der Waals surface area contributed by atoms with E-state index in [1.807, 2.05) is 0 Å². The van der Waals surface area contributed by atoms with Crippen LogP contribution in [0.2, 0.25) is 0 Å². The molecule has 0 saturated carbocycles. The van der Waals surface area contributed by atoms with Gasteiger partial charge in [-0.05, 0) is 38.2 Å². The van der Waals surface area contributed by atoms with Crippen LogP contribution in [-0.2, 0) is 6.42 Å². The lowest BCUT2D eigenvalue weighted by molar-refractivity contribution is 0.601. The molecule has 0 aliphatic heterocycles. The molecule has 0 amide bonds. The molecule has 0 aliphatic rings. The lowest BCUT2D eigenvalue weighted by atomic mass is 9.99. The van der Waals surface area contributed by atoms with Gasteiger partial charge in [-0.1, -0.05) is 48.9 Å². The average molecular weight is 217 g/mol. The van der Waals surface area contributed by atoms with E-state index < -0.39 is 0 Å². The lowest BCUT2D eigenvalue weighted by Crippen LogP contribution is -2.21. The van der Waals surface area contributed by atoms with E-state index in [4.69, 9.17) is 5.73 Å². The Hall–Kier alpha value is -1.08. The Labute approximate surface area is 99.4 Å². The molecular weight excluding hydrogens is 194 g/mol. The Kier molecular flexibility index (Phi) is 5.27. The maximum absolute atomic E-state index is 6.08. The van der Waals surface area contributed by atoms with Crippen molar-refractivity contribution in [1.82, 2.24) is 0 Å². The summed E-state index contributed by atoms with van der Waals surface area (Å²) in [6.07, 6.45) is 4.11. The molecule has 0 aromatic heterocycles. The van der Waals surface area contributed by atoms with Crippen LogP contribution in [0, 0.1) is 6.92 Å². The number of benzene rings is 1. The predicted octanol–water partition coefficient (Wildman–Crippen LogP) is 3.61. The van der Waals surface area contributed by atoms with Crippen LogP contribution >= 0.6 is 0 Å². The number of hydrogen-bond acceptors (Lipinski definition) is 1. The Balaban J connectivity index is 2.37. The molecular formula is C15H23N. The third kappa shape index (κ3) is 4.63. The van der Waals surface area contributed by atoms with E-state index in [0.717, 1.165) is 25.7 Å². The second kappa shape index (κ2) is 6.49. The molecule has 16 heavy (non-hydrogen) atoms. The molecule has 0 heterocycles. The summed E-state index contributed by atoms with van der Waals surface area (Å²) in [6.45, 7) is 8.26. The van der Waals surface area contributed by atoms with Crippen LogP contribution < -0.4 is 5.73 Å². The van der Waals surface area contributed by atoms with Gasteiger partial charge in [0.1, 0.15) is 0 Å². The molecule has 88 valence electrons. The minimum atomic E-state index is 0.257. The number of hydrogen-bond donors (Lipinski definition) is 1. The Morgan fingerprint density at radius 2 is 2.19 bits per heavy atom. The van der Waals surface area contributed by atoms with Crippen LogP contribution in [0.15, 0.2) is 36.4 Å². The van der Waals surface area contributed by atoms with Crippen LogP contribution in [0.5, 0.6) is 0 Å². The van der Waals surface area contributed by atoms with Gasteiger partial charge in [0.05, 0.1) is 0 Å². The van der Waals surface area contributed by atoms with Crippen LogP contribution in [0.25, 0.3) is 0 Å². The molecule has 2 N–H and O–H groups in total. The van der Waals surface area contributed by atoms with Gasteiger partial charge >= 0.3 is 0 Å². The second-order valence-electron chi connectivity index (χ2n) is 4.60. The van der Waals surface area contributed by atoms with Crippen molar-refractivity contribution in [3.63, 3.8) is 0 Å². The third-order valence-corrected chi connectivity index (χ3v) is 2.94. The van der Waals surface area contributed by atoms with Gasteiger partial charge in [0.15, 0.2) is 0 Å². The molecule has 0 aliphatic carbocycles. The molecule has 0 saturated heterocycles. The van der Waals surface area contributed by atoms with E-state index in [1.165, 1.54) is 16.7 Å². The fourth-order valence-electron chi connectivity index (χ4n) is 1.84. The SMILES string of the molecule is C=C(CC)CC(N)CCc1cccc(C)c1. The fraction of sp³-hybridized carbons (Fsp3) is 0.467. The lowest BCUT2D eigenvalue weighted by Gasteiger charge is -2.12. The minimum Gasteiger partial charge on any atom is -0.327 e. The van der Waals surface area contributed by atoms with Gasteiger partial charge in [-0.2, -0.15) is 0 Å². The molecule has 1 aromatic rings. The average Bonchev–Trinajstić information content (AvgIpc) is 2.26. The van der Waals surface area contributed by atoms with Crippen molar-refractivity contribution in [2.45, 2.75) is 45.6 Å². The summed E-state index contributed by atoms with van der Waals surface area (Å²) in [6, 6.07) is 8.91. The van der Waals surface area contributed by atoms with E-state index >= 15 is 0 Å². The van der Waals surface area contributed by atoms with Gasteiger partial charge in [0.25, 0.3) is 0 Å². The zero-order valence-corrected chi connectivity index (χ0v) is 10.5.